The molecule has 0 atom stereocenters. The van der Waals surface area contributed by atoms with Crippen LogP contribution in [-0.4, -0.2) is 12.1 Å². The number of hydrogen-bond donors (Lipinski definition) is 0. The first-order valence-electron chi connectivity index (χ1n) is 6.99. The molecule has 4 rings (SSSR count). The normalized spacial score (nSPS) is 11.3. The second-order valence-corrected chi connectivity index (χ2v) is 5.88. The Morgan fingerprint density at radius 1 is 1.04 bits per heavy atom. The molecule has 4 aromatic rings. The van der Waals surface area contributed by atoms with Crippen LogP contribution in [0.2, 0.25) is 10.0 Å². The van der Waals surface area contributed by atoms with E-state index in [0.717, 1.165) is 11.3 Å². The van der Waals surface area contributed by atoms with Crippen molar-refractivity contribution < 1.29 is 9.15 Å². The predicted molar refractivity (Wildman–Crippen MR) is 93.5 cm³/mol. The monoisotopic (exact) mass is 343 g/mol. The minimum atomic E-state index is 0.470. The number of pyridine rings is 1. The number of aromatic nitrogens is 1. The third-order valence-corrected chi connectivity index (χ3v) is 4.39. The molecule has 0 radical (unpaired) electrons. The van der Waals surface area contributed by atoms with Crippen molar-refractivity contribution in [3.05, 3.63) is 58.6 Å². The summed E-state index contributed by atoms with van der Waals surface area (Å²) in [5.41, 5.74) is 3.53. The van der Waals surface area contributed by atoms with Gasteiger partial charge in [-0.3, -0.25) is 0 Å². The smallest absolute Gasteiger partial charge is 0.172 e. The lowest BCUT2D eigenvalue weighted by molar-refractivity contribution is 0.415. The van der Waals surface area contributed by atoms with Crippen molar-refractivity contribution in [3.63, 3.8) is 0 Å². The first-order valence-corrected chi connectivity index (χ1v) is 7.75. The molecular formula is C18H11Cl2NO2. The third-order valence-electron chi connectivity index (χ3n) is 3.73. The summed E-state index contributed by atoms with van der Waals surface area (Å²) < 4.78 is 11.1. The molecule has 0 aliphatic heterocycles. The molecular weight excluding hydrogens is 333 g/mol. The van der Waals surface area contributed by atoms with Crippen molar-refractivity contribution in [3.8, 4) is 17.0 Å². The van der Waals surface area contributed by atoms with Crippen LogP contribution in [0.25, 0.3) is 33.3 Å². The highest BCUT2D eigenvalue weighted by atomic mass is 35.5. The molecule has 0 unspecified atom stereocenters. The number of halogens is 2. The number of rotatable bonds is 2. The van der Waals surface area contributed by atoms with Crippen LogP contribution in [0.4, 0.5) is 0 Å². The van der Waals surface area contributed by atoms with Crippen LogP contribution < -0.4 is 4.74 Å². The van der Waals surface area contributed by atoms with Gasteiger partial charge in [0, 0.05) is 5.56 Å². The highest BCUT2D eigenvalue weighted by Gasteiger charge is 2.18. The Morgan fingerprint density at radius 2 is 1.83 bits per heavy atom. The lowest BCUT2D eigenvalue weighted by atomic mass is 10.1. The Morgan fingerprint density at radius 3 is 2.57 bits per heavy atom. The van der Waals surface area contributed by atoms with E-state index in [-0.39, 0.29) is 0 Å². The Kier molecular flexibility index (Phi) is 3.40. The third kappa shape index (κ3) is 2.24. The van der Waals surface area contributed by atoms with Crippen molar-refractivity contribution in [2.45, 2.75) is 0 Å². The highest BCUT2D eigenvalue weighted by molar-refractivity contribution is 6.40. The van der Waals surface area contributed by atoms with E-state index in [2.05, 4.69) is 0 Å². The second kappa shape index (κ2) is 5.44. The zero-order chi connectivity index (χ0) is 16.0. The minimum absolute atomic E-state index is 0.470. The maximum absolute atomic E-state index is 6.44. The van der Waals surface area contributed by atoms with Crippen LogP contribution in [0.5, 0.6) is 5.75 Å². The van der Waals surface area contributed by atoms with Gasteiger partial charge in [0.15, 0.2) is 5.58 Å². The number of benzene rings is 2. The molecule has 5 heteroatoms. The van der Waals surface area contributed by atoms with E-state index in [1.165, 1.54) is 0 Å². The van der Waals surface area contributed by atoms with Crippen molar-refractivity contribution in [2.24, 2.45) is 0 Å². The van der Waals surface area contributed by atoms with Crippen molar-refractivity contribution in [1.82, 2.24) is 4.98 Å². The molecule has 0 bridgehead atoms. The van der Waals surface area contributed by atoms with Gasteiger partial charge in [-0.1, -0.05) is 53.5 Å². The fraction of sp³-hybridized carbons (Fsp3) is 0.0556. The topological polar surface area (TPSA) is 35.3 Å². The van der Waals surface area contributed by atoms with Crippen LogP contribution in [0.15, 0.2) is 52.9 Å². The zero-order valence-electron chi connectivity index (χ0n) is 12.1. The van der Waals surface area contributed by atoms with Crippen LogP contribution in [0.1, 0.15) is 0 Å². The molecule has 0 saturated carbocycles. The quantitative estimate of drug-likeness (QED) is 0.450. The number of methoxy groups -OCH3 is 1. The number of nitrogens with zero attached hydrogens (tertiary/aromatic N) is 1. The lowest BCUT2D eigenvalue weighted by Gasteiger charge is -2.04. The summed E-state index contributed by atoms with van der Waals surface area (Å²) in [6.07, 6.45) is 0. The first-order chi connectivity index (χ1) is 11.2. The van der Waals surface area contributed by atoms with E-state index in [9.17, 15) is 0 Å². The molecule has 114 valence electrons. The van der Waals surface area contributed by atoms with Crippen molar-refractivity contribution >= 4 is 45.3 Å². The van der Waals surface area contributed by atoms with E-state index in [1.807, 2.05) is 30.3 Å². The summed E-state index contributed by atoms with van der Waals surface area (Å²) >= 11 is 12.8. The molecule has 0 saturated heterocycles. The summed E-state index contributed by atoms with van der Waals surface area (Å²) in [6.45, 7) is 0. The zero-order valence-corrected chi connectivity index (χ0v) is 13.7. The van der Waals surface area contributed by atoms with Gasteiger partial charge in [-0.2, -0.15) is 0 Å². The molecule has 2 aromatic heterocycles. The summed E-state index contributed by atoms with van der Waals surface area (Å²) in [4.78, 5) is 4.71. The van der Waals surface area contributed by atoms with E-state index in [0.29, 0.717) is 37.9 Å². The summed E-state index contributed by atoms with van der Waals surface area (Å²) in [6, 6.07) is 15.2. The molecule has 2 aromatic carbocycles. The summed E-state index contributed by atoms with van der Waals surface area (Å²) in [5.74, 6) is 0.574. The van der Waals surface area contributed by atoms with E-state index in [1.54, 1.807) is 25.3 Å². The maximum Gasteiger partial charge on any atom is 0.172 e. The van der Waals surface area contributed by atoms with Gasteiger partial charge in [0.1, 0.15) is 16.8 Å². The minimum Gasteiger partial charge on any atom is -0.495 e. The summed E-state index contributed by atoms with van der Waals surface area (Å²) in [5, 5.41) is 1.68. The van der Waals surface area contributed by atoms with Crippen LogP contribution in [0, 0.1) is 0 Å². The van der Waals surface area contributed by atoms with Gasteiger partial charge in [0.05, 0.1) is 28.2 Å². The lowest BCUT2D eigenvalue weighted by Crippen LogP contribution is -1.86. The molecule has 0 spiro atoms. The van der Waals surface area contributed by atoms with Gasteiger partial charge < -0.3 is 9.15 Å². The Bertz CT molecular complexity index is 1030. The Balaban J connectivity index is 2.09. The number of ether oxygens (including phenoxy) is 1. The number of furan rings is 1. The van der Waals surface area contributed by atoms with Gasteiger partial charge in [0.25, 0.3) is 0 Å². The molecule has 0 aliphatic rings. The SMILES string of the molecule is COc1ccc2oc3c(Cl)cc(-c4ccccc4)nc3c2c1Cl. The fourth-order valence-electron chi connectivity index (χ4n) is 2.64. The van der Waals surface area contributed by atoms with Crippen LogP contribution >= 0.6 is 23.2 Å². The Hall–Kier alpha value is -2.23. The average molecular weight is 344 g/mol. The fourth-order valence-corrected chi connectivity index (χ4v) is 3.19. The molecule has 0 amide bonds. The van der Waals surface area contributed by atoms with Crippen molar-refractivity contribution in [1.29, 1.82) is 0 Å². The first kappa shape index (κ1) is 14.4. The standard InChI is InChI=1S/C18H11Cl2NO2/c1-22-14-8-7-13-15(16(14)20)17-18(23-13)11(19)9-12(21-17)10-5-3-2-4-6-10/h2-9H,1H3. The number of fused-ring (bicyclic) bond motifs is 3. The molecule has 3 nitrogen and oxygen atoms in total. The molecule has 23 heavy (non-hydrogen) atoms. The van der Waals surface area contributed by atoms with Crippen LogP contribution in [-0.2, 0) is 0 Å². The van der Waals surface area contributed by atoms with Crippen molar-refractivity contribution in [2.75, 3.05) is 7.11 Å². The van der Waals surface area contributed by atoms with E-state index in [4.69, 9.17) is 37.3 Å². The van der Waals surface area contributed by atoms with Gasteiger partial charge in [-0.25, -0.2) is 4.98 Å². The molecule has 0 fully saturated rings. The number of hydrogen-bond acceptors (Lipinski definition) is 3. The molecule has 0 N–H and O–H groups in total. The van der Waals surface area contributed by atoms with E-state index < -0.39 is 0 Å². The second-order valence-electron chi connectivity index (χ2n) is 5.09. The molecule has 2 heterocycles. The highest BCUT2D eigenvalue weighted by Crippen LogP contribution is 2.41. The Labute approximate surface area is 142 Å². The predicted octanol–water partition coefficient (Wildman–Crippen LogP) is 5.96. The molecule has 0 aliphatic carbocycles. The summed E-state index contributed by atoms with van der Waals surface area (Å²) in [7, 11) is 1.57. The maximum atomic E-state index is 6.44. The van der Waals surface area contributed by atoms with Crippen LogP contribution in [0.3, 0.4) is 0 Å². The average Bonchev–Trinajstić information content (AvgIpc) is 2.96. The van der Waals surface area contributed by atoms with Gasteiger partial charge in [-0.15, -0.1) is 0 Å². The largest absolute Gasteiger partial charge is 0.495 e. The van der Waals surface area contributed by atoms with E-state index >= 15 is 0 Å². The van der Waals surface area contributed by atoms with Gasteiger partial charge in [0.2, 0.25) is 0 Å². The van der Waals surface area contributed by atoms with Gasteiger partial charge >= 0.3 is 0 Å². The van der Waals surface area contributed by atoms with Gasteiger partial charge in [-0.05, 0) is 18.2 Å².